The Labute approximate surface area is 142 Å². The van der Waals surface area contributed by atoms with Crippen molar-refractivity contribution >= 4 is 27.6 Å². The van der Waals surface area contributed by atoms with Crippen LogP contribution in [0, 0.1) is 0 Å². The highest BCUT2D eigenvalue weighted by atomic mass is 16.1. The van der Waals surface area contributed by atoms with Crippen molar-refractivity contribution in [1.82, 2.24) is 14.5 Å². The number of ketones is 1. The Morgan fingerprint density at radius 2 is 2.04 bits per heavy atom. The molecule has 0 saturated heterocycles. The Bertz CT molecular complexity index is 923. The van der Waals surface area contributed by atoms with Crippen molar-refractivity contribution in [2.45, 2.75) is 32.2 Å². The summed E-state index contributed by atoms with van der Waals surface area (Å²) in [6.07, 6.45) is 5.65. The van der Waals surface area contributed by atoms with E-state index in [1.54, 1.807) is 0 Å². The van der Waals surface area contributed by atoms with E-state index in [2.05, 4.69) is 34.6 Å². The lowest BCUT2D eigenvalue weighted by Crippen LogP contribution is -2.17. The summed E-state index contributed by atoms with van der Waals surface area (Å²) in [6, 6.07) is 8.16. The van der Waals surface area contributed by atoms with Crippen molar-refractivity contribution in [1.29, 1.82) is 0 Å². The molecule has 0 amide bonds. The number of carbonyl (C=O) groups is 1. The maximum absolute atomic E-state index is 12.7. The van der Waals surface area contributed by atoms with E-state index in [0.29, 0.717) is 12.2 Å². The lowest BCUT2D eigenvalue weighted by atomic mass is 9.93. The van der Waals surface area contributed by atoms with Gasteiger partial charge in [-0.15, -0.1) is 0 Å². The molecule has 0 N–H and O–H groups in total. The predicted molar refractivity (Wildman–Crippen MR) is 97.7 cm³/mol. The van der Waals surface area contributed by atoms with E-state index in [1.165, 1.54) is 5.69 Å². The van der Waals surface area contributed by atoms with E-state index in [9.17, 15) is 4.79 Å². The van der Waals surface area contributed by atoms with Gasteiger partial charge in [0.15, 0.2) is 5.78 Å². The summed E-state index contributed by atoms with van der Waals surface area (Å²) in [7, 11) is 4.20. The average Bonchev–Trinajstić information content (AvgIpc) is 2.90. The number of Topliss-reactive ketones (excluding diaryl/α,β-unsaturated/α-hetero) is 1. The van der Waals surface area contributed by atoms with E-state index in [-0.39, 0.29) is 0 Å². The van der Waals surface area contributed by atoms with Gasteiger partial charge in [-0.3, -0.25) is 9.78 Å². The molecule has 124 valence electrons. The first kappa shape index (κ1) is 15.3. The first-order valence-electron chi connectivity index (χ1n) is 8.73. The maximum atomic E-state index is 12.7. The van der Waals surface area contributed by atoms with Crippen molar-refractivity contribution < 1.29 is 4.79 Å². The molecule has 3 aromatic rings. The number of hydrogen-bond donors (Lipinski definition) is 0. The van der Waals surface area contributed by atoms with E-state index in [4.69, 9.17) is 0 Å². The number of para-hydroxylation sites is 1. The second kappa shape index (κ2) is 6.02. The fourth-order valence-electron chi connectivity index (χ4n) is 3.93. The number of aromatic nitrogens is 2. The molecule has 2 aromatic heterocycles. The first-order chi connectivity index (χ1) is 11.7. The summed E-state index contributed by atoms with van der Waals surface area (Å²) in [5.41, 5.74) is 4.27. The van der Waals surface area contributed by atoms with Crippen molar-refractivity contribution in [3.05, 3.63) is 41.7 Å². The minimum absolute atomic E-state index is 0.295. The van der Waals surface area contributed by atoms with Gasteiger partial charge >= 0.3 is 0 Å². The Morgan fingerprint density at radius 1 is 1.21 bits per heavy atom. The number of hydrogen-bond acceptors (Lipinski definition) is 3. The minimum Gasteiger partial charge on any atom is -0.343 e. The summed E-state index contributed by atoms with van der Waals surface area (Å²) in [4.78, 5) is 19.5. The molecule has 0 aliphatic heterocycles. The van der Waals surface area contributed by atoms with E-state index >= 15 is 0 Å². The molecule has 0 atom stereocenters. The second-order valence-electron chi connectivity index (χ2n) is 6.94. The molecular weight excluding hydrogens is 298 g/mol. The van der Waals surface area contributed by atoms with Gasteiger partial charge in [-0.2, -0.15) is 0 Å². The third kappa shape index (κ3) is 2.42. The molecule has 4 heteroatoms. The van der Waals surface area contributed by atoms with Gasteiger partial charge in [-0.05, 0) is 46.0 Å². The van der Waals surface area contributed by atoms with Crippen LogP contribution in [0.25, 0.3) is 21.8 Å². The topological polar surface area (TPSA) is 38.1 Å². The molecule has 24 heavy (non-hydrogen) atoms. The minimum atomic E-state index is 0.295. The van der Waals surface area contributed by atoms with Gasteiger partial charge in [0.1, 0.15) is 0 Å². The molecule has 0 unspecified atom stereocenters. The highest BCUT2D eigenvalue weighted by Crippen LogP contribution is 2.36. The largest absolute Gasteiger partial charge is 0.343 e. The van der Waals surface area contributed by atoms with E-state index in [0.717, 1.165) is 59.7 Å². The quantitative estimate of drug-likeness (QED) is 0.736. The summed E-state index contributed by atoms with van der Waals surface area (Å²) in [5, 5.41) is 2.22. The van der Waals surface area contributed by atoms with Crippen LogP contribution in [0.4, 0.5) is 0 Å². The highest BCUT2D eigenvalue weighted by Gasteiger charge is 2.27. The number of fused-ring (bicyclic) bond motifs is 5. The number of benzene rings is 1. The lowest BCUT2D eigenvalue weighted by Gasteiger charge is -2.16. The van der Waals surface area contributed by atoms with Crippen LogP contribution in [0.1, 0.15) is 35.3 Å². The molecule has 0 spiro atoms. The third-order valence-electron chi connectivity index (χ3n) is 4.99. The zero-order valence-electron chi connectivity index (χ0n) is 14.4. The molecule has 0 fully saturated rings. The Morgan fingerprint density at radius 3 is 2.88 bits per heavy atom. The van der Waals surface area contributed by atoms with Crippen LogP contribution in [-0.2, 0) is 13.0 Å². The number of aryl methyl sites for hydroxylation is 1. The van der Waals surface area contributed by atoms with Crippen molar-refractivity contribution in [2.75, 3.05) is 20.6 Å². The van der Waals surface area contributed by atoms with Crippen LogP contribution < -0.4 is 0 Å². The summed E-state index contributed by atoms with van der Waals surface area (Å²) >= 11 is 0. The van der Waals surface area contributed by atoms with Crippen molar-refractivity contribution in [2.24, 2.45) is 0 Å². The molecule has 2 heterocycles. The maximum Gasteiger partial charge on any atom is 0.165 e. The average molecular weight is 321 g/mol. The Balaban J connectivity index is 1.95. The highest BCUT2D eigenvalue weighted by molar-refractivity contribution is 6.18. The standard InChI is InChI=1S/C20H23N3O/c1-22(2)11-6-12-23-16-9-5-10-18(24)20(16)19-14-7-3-4-8-15(14)21-13-17(19)23/h3-4,7-8,13H,5-6,9-12H2,1-2H3. The first-order valence-corrected chi connectivity index (χ1v) is 8.73. The third-order valence-corrected chi connectivity index (χ3v) is 4.99. The Kier molecular flexibility index (Phi) is 3.85. The molecule has 0 bridgehead atoms. The van der Waals surface area contributed by atoms with Gasteiger partial charge in [0, 0.05) is 35.0 Å². The molecule has 0 radical (unpaired) electrons. The lowest BCUT2D eigenvalue weighted by molar-refractivity contribution is 0.0973. The molecule has 1 aromatic carbocycles. The summed E-state index contributed by atoms with van der Waals surface area (Å²) < 4.78 is 2.35. The van der Waals surface area contributed by atoms with E-state index in [1.807, 2.05) is 24.4 Å². The van der Waals surface area contributed by atoms with Crippen LogP contribution in [-0.4, -0.2) is 40.9 Å². The summed E-state index contributed by atoms with van der Waals surface area (Å²) in [6.45, 7) is 1.99. The molecular formula is C20H23N3O. The molecule has 4 nitrogen and oxygen atoms in total. The number of rotatable bonds is 4. The van der Waals surface area contributed by atoms with Crippen LogP contribution >= 0.6 is 0 Å². The zero-order valence-corrected chi connectivity index (χ0v) is 14.4. The van der Waals surface area contributed by atoms with Crippen LogP contribution in [0.5, 0.6) is 0 Å². The van der Waals surface area contributed by atoms with Crippen molar-refractivity contribution in [3.63, 3.8) is 0 Å². The SMILES string of the molecule is CN(C)CCCn1c2c(c3c4ccccc4ncc31)C(=O)CCC2. The number of pyridine rings is 1. The monoisotopic (exact) mass is 321 g/mol. The van der Waals surface area contributed by atoms with Gasteiger partial charge < -0.3 is 9.47 Å². The second-order valence-corrected chi connectivity index (χ2v) is 6.94. The van der Waals surface area contributed by atoms with Gasteiger partial charge in [0.05, 0.1) is 17.2 Å². The fraction of sp³-hybridized carbons (Fsp3) is 0.400. The van der Waals surface area contributed by atoms with Crippen LogP contribution in [0.15, 0.2) is 30.5 Å². The Hall–Kier alpha value is -2.20. The molecule has 4 rings (SSSR count). The van der Waals surface area contributed by atoms with Crippen molar-refractivity contribution in [3.8, 4) is 0 Å². The van der Waals surface area contributed by atoms with Gasteiger partial charge in [0.2, 0.25) is 0 Å². The zero-order chi connectivity index (χ0) is 16.7. The van der Waals surface area contributed by atoms with Gasteiger partial charge in [0.25, 0.3) is 0 Å². The normalized spacial score (nSPS) is 14.7. The smallest absolute Gasteiger partial charge is 0.165 e. The summed E-state index contributed by atoms with van der Waals surface area (Å²) in [5.74, 6) is 0.295. The fourth-order valence-corrected chi connectivity index (χ4v) is 3.93. The predicted octanol–water partition coefficient (Wildman–Crippen LogP) is 3.66. The molecule has 0 saturated carbocycles. The number of carbonyl (C=O) groups excluding carboxylic acids is 1. The van der Waals surface area contributed by atoms with E-state index < -0.39 is 0 Å². The van der Waals surface area contributed by atoms with Crippen LogP contribution in [0.3, 0.4) is 0 Å². The van der Waals surface area contributed by atoms with Gasteiger partial charge in [-0.25, -0.2) is 0 Å². The van der Waals surface area contributed by atoms with Gasteiger partial charge in [-0.1, -0.05) is 18.2 Å². The molecule has 1 aliphatic rings. The number of nitrogens with zero attached hydrogens (tertiary/aromatic N) is 3. The van der Waals surface area contributed by atoms with Crippen LogP contribution in [0.2, 0.25) is 0 Å². The molecule has 1 aliphatic carbocycles.